The van der Waals surface area contributed by atoms with E-state index in [1.807, 2.05) is 6.92 Å². The Morgan fingerprint density at radius 2 is 2.00 bits per heavy atom. The van der Waals surface area contributed by atoms with Crippen LogP contribution in [0, 0.1) is 5.41 Å². The number of nitrogens with zero attached hydrogens (tertiary/aromatic N) is 1. The maximum Gasteiger partial charge on any atom is 0.419 e. The van der Waals surface area contributed by atoms with E-state index in [9.17, 15) is 9.59 Å². The average molecular weight is 259 g/mol. The molecule has 2 aromatic rings. The van der Waals surface area contributed by atoms with E-state index in [2.05, 4.69) is 0 Å². The van der Waals surface area contributed by atoms with Crippen LogP contribution in [0.3, 0.4) is 0 Å². The molecule has 3 rings (SSSR count). The van der Waals surface area contributed by atoms with Crippen LogP contribution < -0.4 is 5.76 Å². The lowest BCUT2D eigenvalue weighted by Gasteiger charge is -2.21. The van der Waals surface area contributed by atoms with E-state index in [0.29, 0.717) is 11.1 Å². The molecule has 1 fully saturated rings. The van der Waals surface area contributed by atoms with E-state index in [-0.39, 0.29) is 11.2 Å². The summed E-state index contributed by atoms with van der Waals surface area (Å²) in [7, 11) is 1.66. The second kappa shape index (κ2) is 4.08. The summed E-state index contributed by atoms with van der Waals surface area (Å²) in [6, 6.07) is 5.28. The Balaban J connectivity index is 2.06. The van der Waals surface area contributed by atoms with Crippen molar-refractivity contribution in [1.82, 2.24) is 4.57 Å². The molecule has 0 spiro atoms. The molecule has 0 amide bonds. The molecule has 1 aromatic carbocycles. The molecule has 0 unspecified atom stereocenters. The van der Waals surface area contributed by atoms with Crippen molar-refractivity contribution in [2.24, 2.45) is 12.5 Å². The number of ketones is 1. The van der Waals surface area contributed by atoms with Gasteiger partial charge in [-0.3, -0.25) is 9.36 Å². The van der Waals surface area contributed by atoms with E-state index < -0.39 is 5.76 Å². The Morgan fingerprint density at radius 1 is 1.32 bits per heavy atom. The third-order valence-corrected chi connectivity index (χ3v) is 4.31. The third-order valence-electron chi connectivity index (χ3n) is 4.31. The molecule has 19 heavy (non-hydrogen) atoms. The highest BCUT2D eigenvalue weighted by Crippen LogP contribution is 2.40. The van der Waals surface area contributed by atoms with Crippen LogP contribution in [-0.2, 0) is 7.05 Å². The topological polar surface area (TPSA) is 52.2 Å². The number of oxazole rings is 1. The van der Waals surface area contributed by atoms with Crippen molar-refractivity contribution in [2.75, 3.05) is 0 Å². The lowest BCUT2D eigenvalue weighted by atomic mass is 9.81. The van der Waals surface area contributed by atoms with Crippen molar-refractivity contribution in [3.63, 3.8) is 0 Å². The molecule has 100 valence electrons. The molecule has 1 saturated carbocycles. The first-order valence-electron chi connectivity index (χ1n) is 6.66. The van der Waals surface area contributed by atoms with Crippen molar-refractivity contribution in [3.8, 4) is 0 Å². The molecule has 1 aliphatic carbocycles. The van der Waals surface area contributed by atoms with Crippen LogP contribution in [0.4, 0.5) is 0 Å². The Hall–Kier alpha value is -1.84. The highest BCUT2D eigenvalue weighted by atomic mass is 16.4. The van der Waals surface area contributed by atoms with Crippen LogP contribution in [-0.4, -0.2) is 10.4 Å². The van der Waals surface area contributed by atoms with Crippen LogP contribution in [0.1, 0.15) is 43.0 Å². The summed E-state index contributed by atoms with van der Waals surface area (Å²) in [5.74, 6) is -0.231. The van der Waals surface area contributed by atoms with Crippen molar-refractivity contribution in [1.29, 1.82) is 0 Å². The van der Waals surface area contributed by atoms with Gasteiger partial charge in [-0.1, -0.05) is 19.8 Å². The molecule has 0 atom stereocenters. The van der Waals surface area contributed by atoms with Crippen LogP contribution in [0.5, 0.6) is 0 Å². The van der Waals surface area contributed by atoms with Crippen LogP contribution in [0.15, 0.2) is 27.4 Å². The minimum absolute atomic E-state index is 0.165. The molecule has 1 aliphatic rings. The summed E-state index contributed by atoms with van der Waals surface area (Å²) in [6.07, 6.45) is 4.13. The third kappa shape index (κ3) is 1.82. The molecule has 1 heterocycles. The fourth-order valence-corrected chi connectivity index (χ4v) is 3.01. The standard InChI is InChI=1S/C15H17NO3/c1-15(7-3-4-8-15)13(17)10-5-6-11-12(9-10)19-14(18)16(11)2/h5-6,9H,3-4,7-8H2,1-2H3. The van der Waals surface area contributed by atoms with E-state index in [1.165, 1.54) is 4.57 Å². The fraction of sp³-hybridized carbons (Fsp3) is 0.467. The molecular weight excluding hydrogens is 242 g/mol. The number of hydrogen-bond acceptors (Lipinski definition) is 3. The molecule has 0 N–H and O–H groups in total. The quantitative estimate of drug-likeness (QED) is 0.779. The molecule has 0 aliphatic heterocycles. The second-order valence-electron chi connectivity index (χ2n) is 5.71. The van der Waals surface area contributed by atoms with Crippen LogP contribution in [0.25, 0.3) is 11.1 Å². The largest absolute Gasteiger partial charge is 0.419 e. The number of rotatable bonds is 2. The predicted molar refractivity (Wildman–Crippen MR) is 72.4 cm³/mol. The summed E-state index contributed by atoms with van der Waals surface area (Å²) >= 11 is 0. The summed E-state index contributed by atoms with van der Waals surface area (Å²) in [6.45, 7) is 2.04. The number of carbonyl (C=O) groups excluding carboxylic acids is 1. The first-order valence-corrected chi connectivity index (χ1v) is 6.66. The molecule has 0 radical (unpaired) electrons. The summed E-state index contributed by atoms with van der Waals surface area (Å²) in [5.41, 5.74) is 1.60. The Kier molecular flexibility index (Phi) is 2.62. The number of carbonyl (C=O) groups is 1. The normalized spacial score (nSPS) is 18.0. The lowest BCUT2D eigenvalue weighted by Crippen LogP contribution is -2.24. The summed E-state index contributed by atoms with van der Waals surface area (Å²) in [5, 5.41) is 0. The summed E-state index contributed by atoms with van der Waals surface area (Å²) < 4.78 is 6.59. The van der Waals surface area contributed by atoms with E-state index in [4.69, 9.17) is 4.42 Å². The number of aryl methyl sites for hydroxylation is 1. The van der Waals surface area contributed by atoms with E-state index >= 15 is 0 Å². The van der Waals surface area contributed by atoms with Crippen molar-refractivity contribution in [2.45, 2.75) is 32.6 Å². The maximum atomic E-state index is 12.6. The van der Waals surface area contributed by atoms with Gasteiger partial charge in [0.1, 0.15) is 0 Å². The number of aromatic nitrogens is 1. The van der Waals surface area contributed by atoms with Gasteiger partial charge in [0.15, 0.2) is 11.4 Å². The first kappa shape index (κ1) is 12.2. The summed E-state index contributed by atoms with van der Waals surface area (Å²) in [4.78, 5) is 24.0. The Labute approximate surface area is 111 Å². The molecule has 4 nitrogen and oxygen atoms in total. The van der Waals surface area contributed by atoms with Gasteiger partial charge in [0.25, 0.3) is 0 Å². The highest BCUT2D eigenvalue weighted by molar-refractivity contribution is 6.02. The zero-order valence-corrected chi connectivity index (χ0v) is 11.2. The monoisotopic (exact) mass is 259 g/mol. The van der Waals surface area contributed by atoms with Crippen LogP contribution >= 0.6 is 0 Å². The average Bonchev–Trinajstić information content (AvgIpc) is 2.95. The fourth-order valence-electron chi connectivity index (χ4n) is 3.01. The van der Waals surface area contributed by atoms with Gasteiger partial charge in [-0.15, -0.1) is 0 Å². The minimum atomic E-state index is -0.397. The van der Waals surface area contributed by atoms with E-state index in [1.54, 1.807) is 25.2 Å². The number of Topliss-reactive ketones (excluding diaryl/α,β-unsaturated/α-hetero) is 1. The number of fused-ring (bicyclic) bond motifs is 1. The van der Waals surface area contributed by atoms with Gasteiger partial charge >= 0.3 is 5.76 Å². The van der Waals surface area contributed by atoms with Crippen molar-refractivity contribution in [3.05, 3.63) is 34.3 Å². The van der Waals surface area contributed by atoms with E-state index in [0.717, 1.165) is 31.2 Å². The maximum absolute atomic E-state index is 12.6. The van der Waals surface area contributed by atoms with Gasteiger partial charge in [0.2, 0.25) is 0 Å². The zero-order chi connectivity index (χ0) is 13.6. The first-order chi connectivity index (χ1) is 9.01. The molecule has 0 saturated heterocycles. The number of benzene rings is 1. The van der Waals surface area contributed by atoms with Gasteiger partial charge in [-0.25, -0.2) is 4.79 Å². The van der Waals surface area contributed by atoms with Gasteiger partial charge in [-0.2, -0.15) is 0 Å². The smallest absolute Gasteiger partial charge is 0.408 e. The predicted octanol–water partition coefficient (Wildman–Crippen LogP) is 2.89. The Bertz CT molecular complexity index is 702. The van der Waals surface area contributed by atoms with Crippen molar-refractivity contribution >= 4 is 16.9 Å². The molecule has 4 heteroatoms. The van der Waals surface area contributed by atoms with Crippen molar-refractivity contribution < 1.29 is 9.21 Å². The molecule has 1 aromatic heterocycles. The lowest BCUT2D eigenvalue weighted by molar-refractivity contribution is 0.0823. The zero-order valence-electron chi connectivity index (χ0n) is 11.2. The minimum Gasteiger partial charge on any atom is -0.408 e. The molecule has 0 bridgehead atoms. The molecular formula is C15H17NO3. The van der Waals surface area contributed by atoms with Gasteiger partial charge in [0, 0.05) is 18.0 Å². The Morgan fingerprint density at radius 3 is 2.68 bits per heavy atom. The number of hydrogen-bond donors (Lipinski definition) is 0. The van der Waals surface area contributed by atoms with Gasteiger partial charge in [-0.05, 0) is 31.0 Å². The SMILES string of the molecule is Cn1c(=O)oc2cc(C(=O)C3(C)CCCC3)ccc21. The highest BCUT2D eigenvalue weighted by Gasteiger charge is 2.36. The van der Waals surface area contributed by atoms with Gasteiger partial charge < -0.3 is 4.42 Å². The second-order valence-corrected chi connectivity index (χ2v) is 5.71. The van der Waals surface area contributed by atoms with Crippen LogP contribution in [0.2, 0.25) is 0 Å². The van der Waals surface area contributed by atoms with Gasteiger partial charge in [0.05, 0.1) is 5.52 Å².